The zero-order valence-electron chi connectivity index (χ0n) is 7.40. The van der Waals surface area contributed by atoms with Gasteiger partial charge in [-0.15, -0.1) is 0 Å². The Morgan fingerprint density at radius 3 is 2.40 bits per heavy atom. The highest BCUT2D eigenvalue weighted by molar-refractivity contribution is 9.10. The van der Waals surface area contributed by atoms with Gasteiger partial charge in [-0.25, -0.2) is 0 Å². The van der Waals surface area contributed by atoms with Gasteiger partial charge in [0.05, 0.1) is 17.2 Å². The lowest BCUT2D eigenvalue weighted by Crippen LogP contribution is -2.14. The molecule has 0 radical (unpaired) electrons. The molecule has 0 aromatic heterocycles. The second-order valence-corrected chi connectivity index (χ2v) is 3.62. The van der Waals surface area contributed by atoms with Crippen LogP contribution in [0.4, 0.5) is 13.2 Å². The topological polar surface area (TPSA) is 49.8 Å². The quantitative estimate of drug-likeness (QED) is 0.859. The van der Waals surface area contributed by atoms with Gasteiger partial charge in [0.15, 0.2) is 0 Å². The smallest absolute Gasteiger partial charge is 0.326 e. The van der Waals surface area contributed by atoms with Crippen molar-refractivity contribution >= 4 is 15.9 Å². The van der Waals surface area contributed by atoms with Gasteiger partial charge in [-0.05, 0) is 17.7 Å². The highest BCUT2D eigenvalue weighted by Crippen LogP contribution is 2.37. The van der Waals surface area contributed by atoms with Crippen LogP contribution in [0.2, 0.25) is 0 Å². The van der Waals surface area contributed by atoms with Crippen LogP contribution in [-0.2, 0) is 12.7 Å². The van der Waals surface area contributed by atoms with Gasteiger partial charge in [-0.2, -0.15) is 18.4 Å². The van der Waals surface area contributed by atoms with Crippen molar-refractivity contribution in [2.24, 2.45) is 5.73 Å². The minimum atomic E-state index is -4.57. The standard InChI is InChI=1S/C9H6BrF3N2/c10-7-2-1-5(3-14)8(6(7)4-15)9(11,12)13/h1-2H,4,15H2. The van der Waals surface area contributed by atoms with Crippen LogP contribution in [0.1, 0.15) is 16.7 Å². The molecule has 6 heteroatoms. The average Bonchev–Trinajstić information content (AvgIpc) is 2.15. The normalized spacial score (nSPS) is 11.2. The van der Waals surface area contributed by atoms with Crippen molar-refractivity contribution < 1.29 is 13.2 Å². The first-order valence-electron chi connectivity index (χ1n) is 3.90. The van der Waals surface area contributed by atoms with E-state index in [0.717, 1.165) is 6.07 Å². The van der Waals surface area contributed by atoms with Crippen LogP contribution in [-0.4, -0.2) is 0 Å². The molecule has 2 N–H and O–H groups in total. The summed E-state index contributed by atoms with van der Waals surface area (Å²) in [6.45, 7) is -0.273. The Morgan fingerprint density at radius 2 is 2.00 bits per heavy atom. The van der Waals surface area contributed by atoms with Crippen LogP contribution in [0.15, 0.2) is 16.6 Å². The van der Waals surface area contributed by atoms with Gasteiger partial charge in [0.25, 0.3) is 0 Å². The Balaban J connectivity index is 3.57. The number of nitriles is 1. The number of alkyl halides is 3. The summed E-state index contributed by atoms with van der Waals surface area (Å²) in [5.74, 6) is 0. The zero-order valence-corrected chi connectivity index (χ0v) is 8.98. The minimum Gasteiger partial charge on any atom is -0.326 e. The van der Waals surface area contributed by atoms with Gasteiger partial charge in [0.1, 0.15) is 0 Å². The predicted octanol–water partition coefficient (Wildman–Crippen LogP) is 2.80. The third kappa shape index (κ3) is 2.30. The summed E-state index contributed by atoms with van der Waals surface area (Å²) in [6, 6.07) is 4.01. The van der Waals surface area contributed by atoms with Gasteiger partial charge in [0.2, 0.25) is 0 Å². The molecule has 0 atom stereocenters. The van der Waals surface area contributed by atoms with Crippen molar-refractivity contribution in [2.75, 3.05) is 0 Å². The van der Waals surface area contributed by atoms with Gasteiger partial charge in [0, 0.05) is 11.0 Å². The van der Waals surface area contributed by atoms with E-state index in [2.05, 4.69) is 15.9 Å². The molecule has 1 aromatic rings. The van der Waals surface area contributed by atoms with Crippen LogP contribution in [0.25, 0.3) is 0 Å². The molecule has 0 aliphatic heterocycles. The Bertz CT molecular complexity index is 421. The summed E-state index contributed by atoms with van der Waals surface area (Å²) in [4.78, 5) is 0. The van der Waals surface area contributed by atoms with Crippen LogP contribution in [0.5, 0.6) is 0 Å². The fraction of sp³-hybridized carbons (Fsp3) is 0.222. The van der Waals surface area contributed by atoms with E-state index in [1.165, 1.54) is 12.1 Å². The molecule has 0 fully saturated rings. The molecule has 0 aliphatic rings. The summed E-state index contributed by atoms with van der Waals surface area (Å²) >= 11 is 2.97. The lowest BCUT2D eigenvalue weighted by atomic mass is 10.0. The molecule has 15 heavy (non-hydrogen) atoms. The molecule has 80 valence electrons. The molecule has 0 amide bonds. The first-order valence-corrected chi connectivity index (χ1v) is 4.70. The fourth-order valence-corrected chi connectivity index (χ4v) is 1.73. The molecule has 2 nitrogen and oxygen atoms in total. The number of rotatable bonds is 1. The maximum absolute atomic E-state index is 12.6. The van der Waals surface area contributed by atoms with Crippen molar-refractivity contribution in [3.63, 3.8) is 0 Å². The number of nitrogens with two attached hydrogens (primary N) is 1. The second kappa shape index (κ2) is 4.21. The monoisotopic (exact) mass is 278 g/mol. The number of nitrogens with zero attached hydrogens (tertiary/aromatic N) is 1. The van der Waals surface area contributed by atoms with Crippen molar-refractivity contribution in [2.45, 2.75) is 12.7 Å². The van der Waals surface area contributed by atoms with Crippen molar-refractivity contribution in [1.82, 2.24) is 0 Å². The molecule has 0 spiro atoms. The van der Waals surface area contributed by atoms with E-state index in [0.29, 0.717) is 0 Å². The number of hydrogen-bond donors (Lipinski definition) is 1. The molecular weight excluding hydrogens is 273 g/mol. The van der Waals surface area contributed by atoms with Gasteiger partial charge < -0.3 is 5.73 Å². The molecule has 0 saturated heterocycles. The number of benzene rings is 1. The van der Waals surface area contributed by atoms with E-state index in [4.69, 9.17) is 11.0 Å². The summed E-state index contributed by atoms with van der Waals surface area (Å²) < 4.78 is 38.2. The maximum Gasteiger partial charge on any atom is 0.418 e. The van der Waals surface area contributed by atoms with E-state index >= 15 is 0 Å². The van der Waals surface area contributed by atoms with Gasteiger partial charge in [-0.3, -0.25) is 0 Å². The lowest BCUT2D eigenvalue weighted by molar-refractivity contribution is -0.138. The number of hydrogen-bond acceptors (Lipinski definition) is 2. The Hall–Kier alpha value is -1.06. The maximum atomic E-state index is 12.6. The molecule has 0 unspecified atom stereocenters. The Labute approximate surface area is 92.6 Å². The van der Waals surface area contributed by atoms with Crippen molar-refractivity contribution in [3.05, 3.63) is 33.3 Å². The molecule has 0 saturated carbocycles. The van der Waals surface area contributed by atoms with E-state index in [9.17, 15) is 13.2 Å². The van der Waals surface area contributed by atoms with E-state index in [1.807, 2.05) is 0 Å². The SMILES string of the molecule is N#Cc1ccc(Br)c(CN)c1C(F)(F)F. The van der Waals surface area contributed by atoms with E-state index in [1.54, 1.807) is 0 Å². The molecule has 1 aromatic carbocycles. The molecule has 0 bridgehead atoms. The van der Waals surface area contributed by atoms with E-state index in [-0.39, 0.29) is 16.6 Å². The first-order chi connectivity index (χ1) is 6.91. The van der Waals surface area contributed by atoms with E-state index < -0.39 is 17.3 Å². The van der Waals surface area contributed by atoms with Crippen LogP contribution in [0.3, 0.4) is 0 Å². The third-order valence-corrected chi connectivity index (χ3v) is 2.61. The van der Waals surface area contributed by atoms with Crippen LogP contribution in [0, 0.1) is 11.3 Å². The van der Waals surface area contributed by atoms with Crippen LogP contribution < -0.4 is 5.73 Å². The van der Waals surface area contributed by atoms with Gasteiger partial charge >= 0.3 is 6.18 Å². The average molecular weight is 279 g/mol. The fourth-order valence-electron chi connectivity index (χ4n) is 1.24. The first kappa shape index (κ1) is 12.0. The Kier molecular flexibility index (Phi) is 3.37. The predicted molar refractivity (Wildman–Crippen MR) is 51.8 cm³/mol. The van der Waals surface area contributed by atoms with Crippen molar-refractivity contribution in [3.8, 4) is 6.07 Å². The second-order valence-electron chi connectivity index (χ2n) is 2.76. The Morgan fingerprint density at radius 1 is 1.40 bits per heavy atom. The summed E-state index contributed by atoms with van der Waals surface area (Å²) in [5.41, 5.74) is 3.77. The number of halogens is 4. The molecule has 0 heterocycles. The highest BCUT2D eigenvalue weighted by Gasteiger charge is 2.36. The van der Waals surface area contributed by atoms with Gasteiger partial charge in [-0.1, -0.05) is 15.9 Å². The molecular formula is C9H6BrF3N2. The third-order valence-electron chi connectivity index (χ3n) is 1.86. The zero-order chi connectivity index (χ0) is 11.6. The molecule has 1 rings (SSSR count). The van der Waals surface area contributed by atoms with Crippen LogP contribution >= 0.6 is 15.9 Å². The highest BCUT2D eigenvalue weighted by atomic mass is 79.9. The minimum absolute atomic E-state index is 0.0958. The molecule has 0 aliphatic carbocycles. The lowest BCUT2D eigenvalue weighted by Gasteiger charge is -2.14. The summed E-state index contributed by atoms with van der Waals surface area (Å²) in [5, 5.41) is 8.59. The summed E-state index contributed by atoms with van der Waals surface area (Å²) in [7, 11) is 0. The summed E-state index contributed by atoms with van der Waals surface area (Å²) in [6.07, 6.45) is -4.57. The largest absolute Gasteiger partial charge is 0.418 e. The van der Waals surface area contributed by atoms with Crippen molar-refractivity contribution in [1.29, 1.82) is 5.26 Å².